The Morgan fingerprint density at radius 2 is 1.43 bits per heavy atom. The first-order chi connectivity index (χ1) is 17.9. The molecule has 0 saturated heterocycles. The van der Waals surface area contributed by atoms with Gasteiger partial charge in [0.1, 0.15) is 17.3 Å². The number of nitrogens with one attached hydrogen (secondary N) is 2. The molecule has 0 aliphatic heterocycles. The van der Waals surface area contributed by atoms with Gasteiger partial charge in [-0.3, -0.25) is 4.79 Å². The Morgan fingerprint density at radius 1 is 0.865 bits per heavy atom. The SMILES string of the molecule is COc1cc(Nc2nc(N[C@@H](c3ccccc3)[C@@H](N)c3ccccc3)c(F)cc2C(N)=O)cc(OC)c1. The van der Waals surface area contributed by atoms with Crippen molar-refractivity contribution in [3.63, 3.8) is 0 Å². The summed E-state index contributed by atoms with van der Waals surface area (Å²) in [4.78, 5) is 16.6. The smallest absolute Gasteiger partial charge is 0.252 e. The van der Waals surface area contributed by atoms with E-state index < -0.39 is 23.8 Å². The summed E-state index contributed by atoms with van der Waals surface area (Å²) in [5, 5.41) is 6.18. The fraction of sp³-hybridized carbons (Fsp3) is 0.143. The number of carbonyl (C=O) groups excluding carboxylic acids is 1. The monoisotopic (exact) mass is 501 g/mol. The van der Waals surface area contributed by atoms with Gasteiger partial charge >= 0.3 is 0 Å². The Morgan fingerprint density at radius 3 is 1.97 bits per heavy atom. The maximum absolute atomic E-state index is 15.3. The number of aromatic nitrogens is 1. The Hall–Kier alpha value is -4.63. The van der Waals surface area contributed by atoms with Crippen molar-refractivity contribution in [2.45, 2.75) is 12.1 Å². The second-order valence-electron chi connectivity index (χ2n) is 8.27. The summed E-state index contributed by atoms with van der Waals surface area (Å²) in [7, 11) is 3.04. The van der Waals surface area contributed by atoms with Gasteiger partial charge in [-0.05, 0) is 17.2 Å². The van der Waals surface area contributed by atoms with E-state index in [4.69, 9.17) is 20.9 Å². The molecule has 0 fully saturated rings. The number of carbonyl (C=O) groups is 1. The molecule has 0 saturated carbocycles. The average molecular weight is 502 g/mol. The number of hydrogen-bond acceptors (Lipinski definition) is 7. The number of methoxy groups -OCH3 is 2. The summed E-state index contributed by atoms with van der Waals surface area (Å²) in [5.41, 5.74) is 14.3. The fourth-order valence-corrected chi connectivity index (χ4v) is 3.95. The highest BCUT2D eigenvalue weighted by Crippen LogP contribution is 2.33. The van der Waals surface area contributed by atoms with E-state index in [0.29, 0.717) is 17.2 Å². The Kier molecular flexibility index (Phi) is 7.85. The van der Waals surface area contributed by atoms with Gasteiger partial charge in [-0.25, -0.2) is 9.37 Å². The zero-order valence-electron chi connectivity index (χ0n) is 20.4. The number of nitrogens with zero attached hydrogens (tertiary/aromatic N) is 1. The molecule has 1 heterocycles. The molecular formula is C28H28FN5O3. The van der Waals surface area contributed by atoms with Gasteiger partial charge in [0.25, 0.3) is 5.91 Å². The van der Waals surface area contributed by atoms with Crippen LogP contribution in [0.15, 0.2) is 84.9 Å². The van der Waals surface area contributed by atoms with Crippen molar-refractivity contribution in [3.05, 3.63) is 107 Å². The number of primary amides is 1. The second kappa shape index (κ2) is 11.4. The first kappa shape index (κ1) is 25.5. The van der Waals surface area contributed by atoms with Crippen LogP contribution in [0.3, 0.4) is 0 Å². The van der Waals surface area contributed by atoms with Crippen LogP contribution in [-0.4, -0.2) is 25.1 Å². The Labute approximate surface area is 214 Å². The third kappa shape index (κ3) is 5.96. The highest BCUT2D eigenvalue weighted by Gasteiger charge is 2.25. The van der Waals surface area contributed by atoms with Crippen LogP contribution in [0, 0.1) is 5.82 Å². The predicted octanol–water partition coefficient (Wildman–Crippen LogP) is 4.93. The van der Waals surface area contributed by atoms with Crippen molar-refractivity contribution in [1.29, 1.82) is 0 Å². The molecule has 0 spiro atoms. The van der Waals surface area contributed by atoms with E-state index in [2.05, 4.69) is 15.6 Å². The zero-order chi connectivity index (χ0) is 26.4. The molecule has 1 amide bonds. The van der Waals surface area contributed by atoms with E-state index in [1.807, 2.05) is 60.7 Å². The summed E-state index contributed by atoms with van der Waals surface area (Å²) in [6.45, 7) is 0. The van der Waals surface area contributed by atoms with Crippen LogP contribution in [-0.2, 0) is 0 Å². The number of anilines is 3. The highest BCUT2D eigenvalue weighted by molar-refractivity contribution is 5.98. The van der Waals surface area contributed by atoms with Gasteiger partial charge < -0.3 is 31.6 Å². The molecule has 4 rings (SSSR count). The number of rotatable bonds is 10. The van der Waals surface area contributed by atoms with E-state index in [1.165, 1.54) is 14.2 Å². The van der Waals surface area contributed by atoms with Crippen LogP contribution in [0.25, 0.3) is 0 Å². The number of halogens is 1. The van der Waals surface area contributed by atoms with Crippen LogP contribution in [0.1, 0.15) is 33.6 Å². The molecule has 6 N–H and O–H groups in total. The first-order valence-corrected chi connectivity index (χ1v) is 11.5. The number of hydrogen-bond donors (Lipinski definition) is 4. The second-order valence-corrected chi connectivity index (χ2v) is 8.27. The molecule has 8 nitrogen and oxygen atoms in total. The van der Waals surface area contributed by atoms with Gasteiger partial charge in [0, 0.05) is 23.9 Å². The summed E-state index contributed by atoms with van der Waals surface area (Å²) >= 11 is 0. The molecule has 0 aliphatic rings. The number of nitrogens with two attached hydrogens (primary N) is 2. The largest absolute Gasteiger partial charge is 0.497 e. The minimum atomic E-state index is -0.837. The van der Waals surface area contributed by atoms with Crippen molar-refractivity contribution in [1.82, 2.24) is 4.98 Å². The maximum Gasteiger partial charge on any atom is 0.252 e. The van der Waals surface area contributed by atoms with Crippen molar-refractivity contribution < 1.29 is 18.7 Å². The topological polar surface area (TPSA) is 125 Å². The molecule has 37 heavy (non-hydrogen) atoms. The minimum absolute atomic E-state index is 0.0619. The van der Waals surface area contributed by atoms with E-state index in [-0.39, 0.29) is 17.2 Å². The lowest BCUT2D eigenvalue weighted by molar-refractivity contribution is 0.100. The number of pyridine rings is 1. The lowest BCUT2D eigenvalue weighted by Crippen LogP contribution is -2.27. The van der Waals surface area contributed by atoms with Crippen LogP contribution < -0.4 is 31.6 Å². The molecule has 190 valence electrons. The first-order valence-electron chi connectivity index (χ1n) is 11.5. The fourth-order valence-electron chi connectivity index (χ4n) is 3.95. The zero-order valence-corrected chi connectivity index (χ0v) is 20.4. The number of ether oxygens (including phenoxy) is 2. The van der Waals surface area contributed by atoms with Crippen LogP contribution in [0.4, 0.5) is 21.7 Å². The molecule has 2 atom stereocenters. The molecule has 4 aromatic rings. The van der Waals surface area contributed by atoms with Gasteiger partial charge in [0.2, 0.25) is 0 Å². The van der Waals surface area contributed by atoms with Crippen molar-refractivity contribution in [3.8, 4) is 11.5 Å². The predicted molar refractivity (Wildman–Crippen MR) is 142 cm³/mol. The normalized spacial score (nSPS) is 12.3. The van der Waals surface area contributed by atoms with E-state index in [0.717, 1.165) is 17.2 Å². The van der Waals surface area contributed by atoms with Gasteiger partial charge in [0.05, 0.1) is 31.9 Å². The quantitative estimate of drug-likeness (QED) is 0.243. The molecule has 3 aromatic carbocycles. The molecule has 0 unspecified atom stereocenters. The standard InChI is InChI=1S/C28H28FN5O3/c1-36-20-13-19(14-21(15-20)37-2)32-27-22(26(31)35)16-23(29)28(34-27)33-25(18-11-7-4-8-12-18)24(30)17-9-5-3-6-10-17/h3-16,24-25H,30H2,1-2H3,(H2,31,35)(H2,32,33,34)/t24-,25-/m0/s1. The van der Waals surface area contributed by atoms with E-state index >= 15 is 4.39 Å². The van der Waals surface area contributed by atoms with E-state index in [9.17, 15) is 4.79 Å². The van der Waals surface area contributed by atoms with Gasteiger partial charge in [-0.15, -0.1) is 0 Å². The molecule has 0 radical (unpaired) electrons. The van der Waals surface area contributed by atoms with Crippen LogP contribution in [0.5, 0.6) is 11.5 Å². The highest BCUT2D eigenvalue weighted by atomic mass is 19.1. The Balaban J connectivity index is 1.75. The van der Waals surface area contributed by atoms with Crippen LogP contribution in [0.2, 0.25) is 0 Å². The minimum Gasteiger partial charge on any atom is -0.497 e. The van der Waals surface area contributed by atoms with Crippen molar-refractivity contribution in [2.75, 3.05) is 24.9 Å². The van der Waals surface area contributed by atoms with Gasteiger partial charge in [0.15, 0.2) is 11.6 Å². The third-order valence-electron chi connectivity index (χ3n) is 5.85. The van der Waals surface area contributed by atoms with Crippen molar-refractivity contribution in [2.24, 2.45) is 11.5 Å². The van der Waals surface area contributed by atoms with Crippen molar-refractivity contribution >= 4 is 23.2 Å². The number of amides is 1. The molecule has 0 bridgehead atoms. The van der Waals surface area contributed by atoms with E-state index in [1.54, 1.807) is 18.2 Å². The summed E-state index contributed by atoms with van der Waals surface area (Å²) < 4.78 is 25.9. The van der Waals surface area contributed by atoms with Crippen LogP contribution >= 0.6 is 0 Å². The van der Waals surface area contributed by atoms with Gasteiger partial charge in [-0.1, -0.05) is 60.7 Å². The molecule has 0 aliphatic carbocycles. The molecule has 1 aromatic heterocycles. The Bertz CT molecular complexity index is 1350. The maximum atomic E-state index is 15.3. The lowest BCUT2D eigenvalue weighted by Gasteiger charge is -2.27. The average Bonchev–Trinajstić information content (AvgIpc) is 2.93. The summed E-state index contributed by atoms with van der Waals surface area (Å²) in [5.74, 6) is -0.587. The van der Waals surface area contributed by atoms with Gasteiger partial charge in [-0.2, -0.15) is 0 Å². The molecular weight excluding hydrogens is 473 g/mol. The summed E-state index contributed by atoms with van der Waals surface area (Å²) in [6, 6.07) is 24.0. The third-order valence-corrected chi connectivity index (χ3v) is 5.85. The lowest BCUT2D eigenvalue weighted by atomic mass is 9.94. The number of benzene rings is 3. The summed E-state index contributed by atoms with van der Waals surface area (Å²) in [6.07, 6.45) is 0. The molecule has 9 heteroatoms.